The lowest BCUT2D eigenvalue weighted by Gasteiger charge is -2.43. The number of piperidine rings is 1. The van der Waals surface area contributed by atoms with Gasteiger partial charge in [-0.05, 0) is 62.1 Å². The van der Waals surface area contributed by atoms with E-state index in [9.17, 15) is 4.79 Å². The number of methoxy groups -OCH3 is 1. The Bertz CT molecular complexity index is 793. The number of amides is 2. The topological polar surface area (TPSA) is 50.8 Å². The van der Waals surface area contributed by atoms with Gasteiger partial charge < -0.3 is 19.7 Å². The molecule has 2 atom stereocenters. The zero-order valence-electron chi connectivity index (χ0n) is 16.4. The highest BCUT2D eigenvalue weighted by atomic mass is 16.5. The summed E-state index contributed by atoms with van der Waals surface area (Å²) in [4.78, 5) is 14.8. The SMILES string of the molecule is CO[C@@H]1CCC[C@]12CCCN(C(=O)Nc1ccc(Oc3ccccc3)cc1)C2. The van der Waals surface area contributed by atoms with Crippen LogP contribution in [0.5, 0.6) is 11.5 Å². The van der Waals surface area contributed by atoms with Crippen molar-refractivity contribution in [2.45, 2.75) is 38.2 Å². The Kier molecular flexibility index (Phi) is 5.53. The third-order valence-corrected chi connectivity index (χ3v) is 6.09. The number of para-hydroxylation sites is 1. The van der Waals surface area contributed by atoms with Crippen LogP contribution in [-0.4, -0.2) is 37.2 Å². The Morgan fingerprint density at radius 3 is 2.50 bits per heavy atom. The number of hydrogen-bond acceptors (Lipinski definition) is 3. The molecule has 0 aromatic heterocycles. The van der Waals surface area contributed by atoms with Crippen molar-refractivity contribution in [3.63, 3.8) is 0 Å². The van der Waals surface area contributed by atoms with Gasteiger partial charge in [-0.1, -0.05) is 24.6 Å². The minimum atomic E-state index is -0.0300. The van der Waals surface area contributed by atoms with E-state index in [2.05, 4.69) is 5.32 Å². The second-order valence-electron chi connectivity index (χ2n) is 7.87. The molecule has 0 bridgehead atoms. The quantitative estimate of drug-likeness (QED) is 0.784. The number of carbonyl (C=O) groups is 1. The first-order valence-corrected chi connectivity index (χ1v) is 10.1. The van der Waals surface area contributed by atoms with Crippen LogP contribution < -0.4 is 10.1 Å². The molecule has 2 fully saturated rings. The van der Waals surface area contributed by atoms with Crippen LogP contribution in [-0.2, 0) is 4.74 Å². The van der Waals surface area contributed by atoms with E-state index >= 15 is 0 Å². The van der Waals surface area contributed by atoms with Gasteiger partial charge in [-0.15, -0.1) is 0 Å². The number of nitrogens with one attached hydrogen (secondary N) is 1. The van der Waals surface area contributed by atoms with E-state index < -0.39 is 0 Å². The molecule has 1 N–H and O–H groups in total. The van der Waals surface area contributed by atoms with Crippen molar-refractivity contribution in [3.05, 3.63) is 54.6 Å². The van der Waals surface area contributed by atoms with Gasteiger partial charge in [-0.3, -0.25) is 0 Å². The molecule has 1 aliphatic carbocycles. The van der Waals surface area contributed by atoms with E-state index in [0.29, 0.717) is 0 Å². The molecule has 5 heteroatoms. The molecule has 2 amide bonds. The van der Waals surface area contributed by atoms with Crippen LogP contribution in [0.2, 0.25) is 0 Å². The van der Waals surface area contributed by atoms with Gasteiger partial charge in [-0.25, -0.2) is 4.79 Å². The molecule has 0 unspecified atom stereocenters. The highest BCUT2D eigenvalue weighted by Crippen LogP contribution is 2.46. The van der Waals surface area contributed by atoms with Crippen LogP contribution in [0.3, 0.4) is 0 Å². The molecule has 2 aromatic carbocycles. The molecule has 1 heterocycles. The number of urea groups is 1. The summed E-state index contributed by atoms with van der Waals surface area (Å²) in [6.07, 6.45) is 5.92. The third-order valence-electron chi connectivity index (χ3n) is 6.09. The summed E-state index contributed by atoms with van der Waals surface area (Å²) in [5, 5.41) is 3.03. The van der Waals surface area contributed by atoms with Crippen LogP contribution in [0, 0.1) is 5.41 Å². The Hall–Kier alpha value is -2.53. The maximum atomic E-state index is 12.8. The molecule has 2 aromatic rings. The van der Waals surface area contributed by atoms with E-state index in [1.165, 1.54) is 6.42 Å². The van der Waals surface area contributed by atoms with Crippen LogP contribution in [0.4, 0.5) is 10.5 Å². The van der Waals surface area contributed by atoms with Crippen molar-refractivity contribution in [2.75, 3.05) is 25.5 Å². The average molecular weight is 380 g/mol. The van der Waals surface area contributed by atoms with Crippen molar-refractivity contribution >= 4 is 11.7 Å². The fourth-order valence-electron chi connectivity index (χ4n) is 4.71. The average Bonchev–Trinajstić information content (AvgIpc) is 3.11. The maximum Gasteiger partial charge on any atom is 0.321 e. The number of anilines is 1. The number of carbonyl (C=O) groups excluding carboxylic acids is 1. The first-order valence-electron chi connectivity index (χ1n) is 10.1. The predicted octanol–water partition coefficient (Wildman–Crippen LogP) is 5.29. The largest absolute Gasteiger partial charge is 0.457 e. The molecule has 148 valence electrons. The maximum absolute atomic E-state index is 12.8. The molecular formula is C23H28N2O3. The van der Waals surface area contributed by atoms with E-state index in [4.69, 9.17) is 9.47 Å². The zero-order valence-corrected chi connectivity index (χ0v) is 16.4. The molecule has 28 heavy (non-hydrogen) atoms. The van der Waals surface area contributed by atoms with E-state index in [1.54, 1.807) is 7.11 Å². The van der Waals surface area contributed by atoms with Gasteiger partial charge >= 0.3 is 6.03 Å². The van der Waals surface area contributed by atoms with Crippen molar-refractivity contribution in [1.29, 1.82) is 0 Å². The lowest BCUT2D eigenvalue weighted by molar-refractivity contribution is -0.0244. The summed E-state index contributed by atoms with van der Waals surface area (Å²) in [5.74, 6) is 1.54. The Balaban J connectivity index is 1.37. The minimum Gasteiger partial charge on any atom is -0.457 e. The first kappa shape index (κ1) is 18.8. The zero-order chi connectivity index (χ0) is 19.4. The van der Waals surface area contributed by atoms with Gasteiger partial charge in [0.05, 0.1) is 6.10 Å². The highest BCUT2D eigenvalue weighted by Gasteiger charge is 2.46. The third kappa shape index (κ3) is 3.99. The monoisotopic (exact) mass is 380 g/mol. The minimum absolute atomic E-state index is 0.0300. The first-order chi connectivity index (χ1) is 13.7. The summed E-state index contributed by atoms with van der Waals surface area (Å²) < 4.78 is 11.5. The number of hydrogen-bond donors (Lipinski definition) is 1. The number of nitrogens with zero attached hydrogens (tertiary/aromatic N) is 1. The molecule has 1 aliphatic heterocycles. The fourth-order valence-corrected chi connectivity index (χ4v) is 4.71. The summed E-state index contributed by atoms with van der Waals surface area (Å²) in [5.41, 5.74) is 0.914. The van der Waals surface area contributed by atoms with Crippen LogP contribution >= 0.6 is 0 Å². The number of benzene rings is 2. The number of rotatable bonds is 4. The molecule has 1 saturated carbocycles. The predicted molar refractivity (Wildman–Crippen MR) is 110 cm³/mol. The van der Waals surface area contributed by atoms with Gasteiger partial charge in [0.25, 0.3) is 0 Å². The van der Waals surface area contributed by atoms with E-state index in [0.717, 1.165) is 56.0 Å². The molecule has 1 spiro atoms. The van der Waals surface area contributed by atoms with Crippen LogP contribution in [0.15, 0.2) is 54.6 Å². The molecule has 4 rings (SSSR count). The second-order valence-corrected chi connectivity index (χ2v) is 7.87. The summed E-state index contributed by atoms with van der Waals surface area (Å²) >= 11 is 0. The summed E-state index contributed by atoms with van der Waals surface area (Å²) in [6, 6.07) is 17.1. The van der Waals surface area contributed by atoms with Crippen molar-refractivity contribution in [3.8, 4) is 11.5 Å². The van der Waals surface area contributed by atoms with Crippen molar-refractivity contribution < 1.29 is 14.3 Å². The molecular weight excluding hydrogens is 352 g/mol. The smallest absolute Gasteiger partial charge is 0.321 e. The lowest BCUT2D eigenvalue weighted by atomic mass is 9.76. The van der Waals surface area contributed by atoms with E-state index in [1.807, 2.05) is 59.5 Å². The fraction of sp³-hybridized carbons (Fsp3) is 0.435. The Labute approximate surface area is 166 Å². The van der Waals surface area contributed by atoms with Gasteiger partial charge in [-0.2, -0.15) is 0 Å². The van der Waals surface area contributed by atoms with Crippen molar-refractivity contribution in [2.24, 2.45) is 5.41 Å². The van der Waals surface area contributed by atoms with Crippen LogP contribution in [0.1, 0.15) is 32.1 Å². The normalized spacial score (nSPS) is 24.3. The van der Waals surface area contributed by atoms with Gasteiger partial charge in [0.15, 0.2) is 0 Å². The number of likely N-dealkylation sites (tertiary alicyclic amines) is 1. The molecule has 5 nitrogen and oxygen atoms in total. The molecule has 2 aliphatic rings. The molecule has 0 radical (unpaired) electrons. The molecule has 1 saturated heterocycles. The van der Waals surface area contributed by atoms with Crippen molar-refractivity contribution in [1.82, 2.24) is 4.90 Å². The Morgan fingerprint density at radius 1 is 1.04 bits per heavy atom. The summed E-state index contributed by atoms with van der Waals surface area (Å²) in [7, 11) is 1.80. The van der Waals surface area contributed by atoms with Crippen LogP contribution in [0.25, 0.3) is 0 Å². The number of ether oxygens (including phenoxy) is 2. The van der Waals surface area contributed by atoms with Gasteiger partial charge in [0, 0.05) is 31.3 Å². The second kappa shape index (κ2) is 8.23. The standard InChI is InChI=1S/C23H28N2O3/c1-27-21-9-5-14-23(21)15-6-16-25(17-23)22(26)24-18-10-12-20(13-11-18)28-19-7-3-2-4-8-19/h2-4,7-8,10-13,21H,5-6,9,14-17H2,1H3,(H,24,26)/t21-,23-/m1/s1. The highest BCUT2D eigenvalue weighted by molar-refractivity contribution is 5.89. The van der Waals surface area contributed by atoms with E-state index in [-0.39, 0.29) is 17.6 Å². The van der Waals surface area contributed by atoms with Gasteiger partial charge in [0.1, 0.15) is 11.5 Å². The van der Waals surface area contributed by atoms with Gasteiger partial charge in [0.2, 0.25) is 0 Å². The lowest BCUT2D eigenvalue weighted by Crippen LogP contribution is -2.51. The Morgan fingerprint density at radius 2 is 1.75 bits per heavy atom. The summed E-state index contributed by atoms with van der Waals surface area (Å²) in [6.45, 7) is 1.59.